The van der Waals surface area contributed by atoms with Crippen LogP contribution in [-0.2, 0) is 22.4 Å². The predicted octanol–water partition coefficient (Wildman–Crippen LogP) is -5.18. The van der Waals surface area contributed by atoms with Crippen molar-refractivity contribution >= 4 is 60.9 Å². The van der Waals surface area contributed by atoms with Crippen molar-refractivity contribution in [2.24, 2.45) is 0 Å². The first kappa shape index (κ1) is 57.1. The van der Waals surface area contributed by atoms with Crippen LogP contribution < -0.4 is 93.0 Å². The fraction of sp³-hybridized carbons (Fsp3) is 0.0667. The first-order chi connectivity index (χ1) is 29.9. The van der Waals surface area contributed by atoms with Gasteiger partial charge in [-0.3, -0.25) is 0 Å². The van der Waals surface area contributed by atoms with Gasteiger partial charge < -0.3 is 0 Å². The molecule has 7 aromatic carbocycles. The normalized spacial score (nSPS) is 11.0. The molecule has 0 spiro atoms. The van der Waals surface area contributed by atoms with E-state index in [9.17, 15) is 0 Å². The quantitative estimate of drug-likeness (QED) is 0.0869. The van der Waals surface area contributed by atoms with E-state index in [1.54, 1.807) is 0 Å². The molecule has 0 aliphatic rings. The smallest absolute Gasteiger partial charge is 0.222 e. The van der Waals surface area contributed by atoms with Crippen LogP contribution in [-0.4, -0.2) is 12.3 Å². The first-order valence-corrected chi connectivity index (χ1v) is 26.5. The van der Waals surface area contributed by atoms with Gasteiger partial charge in [-0.15, -0.1) is 30.7 Å². The van der Waals surface area contributed by atoms with E-state index in [0.29, 0.717) is 0 Å². The fourth-order valence-corrected chi connectivity index (χ4v) is 13.1. The Morgan fingerprint density at radius 2 is 0.391 bits per heavy atom. The Bertz CT molecular complexity index is 1920. The van der Waals surface area contributed by atoms with Gasteiger partial charge in [0.2, 0.25) is 0 Å². The summed E-state index contributed by atoms with van der Waals surface area (Å²) in [5.41, 5.74) is 0. The van der Waals surface area contributed by atoms with Crippen LogP contribution >= 0.6 is 23.8 Å². The molecule has 0 atom stereocenters. The standard InChI is InChI=1S/C27H26P2.C18H15P.Au.3ClHO4/c1-5-14-24(15-6-1)28(25-16-7-2-8-17-25)22-13-23-29(26-18-9-3-10-19-26)27-20-11-4-12-21-27;1-4-10-16(11-5-1)19(17-12-6-2-7-13-17)18-14-8-3-9-15-18;;3*2-1(3,4)5/h1-12,14-21H,13,22-23H2;1-15H;;3*(H,2,3,4,5)/q;;+3;;;/p-3. The summed E-state index contributed by atoms with van der Waals surface area (Å²) in [6, 6.07) is 76.6. The average Bonchev–Trinajstić information content (AvgIpc) is 3.25. The van der Waals surface area contributed by atoms with E-state index in [0.717, 1.165) is 0 Å². The maximum absolute atomic E-state index is 8.49. The molecular weight excluding hydrogens is 1130 g/mol. The van der Waals surface area contributed by atoms with E-state index < -0.39 is 38.7 Å². The molecule has 12 nitrogen and oxygen atoms in total. The summed E-state index contributed by atoms with van der Waals surface area (Å²) in [4.78, 5) is 0. The Balaban J connectivity index is 0.000000343. The third kappa shape index (κ3) is 26.2. The minimum absolute atomic E-state index is 0. The molecule has 0 amide bonds. The van der Waals surface area contributed by atoms with Gasteiger partial charge in [0.25, 0.3) is 0 Å². The minimum atomic E-state index is -4.94. The van der Waals surface area contributed by atoms with Crippen molar-refractivity contribution in [1.29, 1.82) is 0 Å². The third-order valence-electron chi connectivity index (χ3n) is 8.08. The second-order valence-electron chi connectivity index (χ2n) is 12.5. The Hall–Kier alpha value is -3.04. The maximum atomic E-state index is 8.49. The van der Waals surface area contributed by atoms with Crippen LogP contribution in [0.4, 0.5) is 0 Å². The summed E-state index contributed by atoms with van der Waals surface area (Å²) in [5, 5.41) is 10.1. The molecular formula is C45H41AuCl3O12P3. The molecule has 19 heteroatoms. The molecule has 0 fully saturated rings. The Labute approximate surface area is 398 Å². The molecule has 0 aromatic heterocycles. The monoisotopic (exact) mass is 1170 g/mol. The third-order valence-corrected chi connectivity index (χ3v) is 15.7. The van der Waals surface area contributed by atoms with Crippen molar-refractivity contribution in [3.05, 3.63) is 212 Å². The van der Waals surface area contributed by atoms with Gasteiger partial charge in [0.1, 0.15) is 0 Å². The van der Waals surface area contributed by atoms with E-state index in [4.69, 9.17) is 55.9 Å². The van der Waals surface area contributed by atoms with Crippen molar-refractivity contribution in [2.75, 3.05) is 12.3 Å². The van der Waals surface area contributed by atoms with E-state index in [1.165, 1.54) is 55.9 Å². The Morgan fingerprint density at radius 1 is 0.250 bits per heavy atom. The summed E-state index contributed by atoms with van der Waals surface area (Å²) >= 11 is 0. The van der Waals surface area contributed by atoms with Crippen molar-refractivity contribution in [3.63, 3.8) is 0 Å². The number of benzene rings is 7. The molecule has 0 saturated carbocycles. The SMILES string of the molecule is [Au+3].[O-][Cl+3]([O-])([O-])[O-].[O-][Cl+3]([O-])([O-])[O-].[O-][Cl+3]([O-])([O-])[O-].c1ccc(P(CCCP(c2ccccc2)c2ccccc2)c2ccccc2)cc1.c1ccc(P(c2ccccc2)c2ccccc2)cc1. The topological polar surface area (TPSA) is 277 Å². The zero-order chi connectivity index (χ0) is 46.1. The first-order valence-electron chi connectivity index (χ1n) is 18.4. The van der Waals surface area contributed by atoms with E-state index >= 15 is 0 Å². The molecule has 7 aromatic rings. The van der Waals surface area contributed by atoms with E-state index in [-0.39, 0.29) is 38.2 Å². The summed E-state index contributed by atoms with van der Waals surface area (Å²) < 4.78 is 102. The summed E-state index contributed by atoms with van der Waals surface area (Å²) in [6.45, 7) is 0. The summed E-state index contributed by atoms with van der Waals surface area (Å²) in [6.07, 6.45) is 3.72. The van der Waals surface area contributed by atoms with Gasteiger partial charge in [0, 0.05) is 0 Å². The molecule has 64 heavy (non-hydrogen) atoms. The van der Waals surface area contributed by atoms with Crippen LogP contribution in [0.3, 0.4) is 0 Å². The second-order valence-corrected chi connectivity index (χ2v) is 21.6. The Morgan fingerprint density at radius 3 is 0.547 bits per heavy atom. The molecule has 0 aliphatic heterocycles. The molecule has 0 unspecified atom stereocenters. The second kappa shape index (κ2) is 30.3. The van der Waals surface area contributed by atoms with Crippen LogP contribution in [0.15, 0.2) is 212 Å². The largest absolute Gasteiger partial charge is 3.00 e. The van der Waals surface area contributed by atoms with Crippen molar-refractivity contribution < 1.29 is 109 Å². The van der Waals surface area contributed by atoms with Gasteiger partial charge in [-0.1, -0.05) is 212 Å². The molecule has 0 aliphatic carbocycles. The zero-order valence-electron chi connectivity index (χ0n) is 33.5. The average molecular weight is 1170 g/mol. The van der Waals surface area contributed by atoms with E-state index in [1.807, 2.05) is 0 Å². The molecule has 0 radical (unpaired) electrons. The number of rotatable bonds is 11. The van der Waals surface area contributed by atoms with Crippen molar-refractivity contribution in [3.8, 4) is 0 Å². The molecule has 0 N–H and O–H groups in total. The molecule has 7 rings (SSSR count). The van der Waals surface area contributed by atoms with Gasteiger partial charge in [-0.25, -0.2) is 55.9 Å². The van der Waals surface area contributed by atoms with Gasteiger partial charge in [0.15, 0.2) is 0 Å². The van der Waals surface area contributed by atoms with Crippen molar-refractivity contribution in [2.45, 2.75) is 6.42 Å². The Kier molecular flexibility index (Phi) is 27.0. The van der Waals surface area contributed by atoms with Crippen LogP contribution in [0, 0.1) is 30.7 Å². The summed E-state index contributed by atoms with van der Waals surface area (Å²) in [5.74, 6) is 0. The van der Waals surface area contributed by atoms with Crippen molar-refractivity contribution in [1.82, 2.24) is 0 Å². The van der Waals surface area contributed by atoms with Gasteiger partial charge in [0.05, 0.1) is 0 Å². The van der Waals surface area contributed by atoms with Gasteiger partial charge >= 0.3 is 22.4 Å². The molecule has 0 bridgehead atoms. The predicted molar refractivity (Wildman–Crippen MR) is 218 cm³/mol. The van der Waals surface area contributed by atoms with Crippen LogP contribution in [0.25, 0.3) is 0 Å². The van der Waals surface area contributed by atoms with Crippen LogP contribution in [0.2, 0.25) is 0 Å². The maximum Gasteiger partial charge on any atom is 3.00 e. The van der Waals surface area contributed by atoms with E-state index in [2.05, 4.69) is 212 Å². The summed E-state index contributed by atoms with van der Waals surface area (Å²) in [7, 11) is -15.9. The fourth-order valence-electron chi connectivity index (χ4n) is 5.81. The van der Waals surface area contributed by atoms with Crippen LogP contribution in [0.1, 0.15) is 6.42 Å². The number of hydrogen-bond donors (Lipinski definition) is 0. The van der Waals surface area contributed by atoms with Crippen LogP contribution in [0.5, 0.6) is 0 Å². The zero-order valence-corrected chi connectivity index (χ0v) is 40.6. The molecule has 340 valence electrons. The van der Waals surface area contributed by atoms with Gasteiger partial charge in [-0.05, 0) is 79.6 Å². The molecule has 0 saturated heterocycles. The number of halogens is 3. The number of hydrogen-bond acceptors (Lipinski definition) is 12. The van der Waals surface area contributed by atoms with Gasteiger partial charge in [-0.2, -0.15) is 0 Å². The minimum Gasteiger partial charge on any atom is -0.222 e. The molecule has 0 heterocycles.